The molecule has 2 rings (SSSR count). The van der Waals surface area contributed by atoms with Crippen LogP contribution >= 0.6 is 15.9 Å². The third-order valence-corrected chi connectivity index (χ3v) is 4.05. The molecule has 7 heteroatoms. The van der Waals surface area contributed by atoms with Crippen LogP contribution in [-0.2, 0) is 16.1 Å². The number of benzene rings is 1. The zero-order valence-corrected chi connectivity index (χ0v) is 14.1. The summed E-state index contributed by atoms with van der Waals surface area (Å²) in [6.07, 6.45) is -0.0587. The van der Waals surface area contributed by atoms with Crippen LogP contribution in [0.25, 0.3) is 0 Å². The van der Waals surface area contributed by atoms with Crippen molar-refractivity contribution in [2.45, 2.75) is 12.6 Å². The largest absolute Gasteiger partial charge is 0.480 e. The van der Waals surface area contributed by atoms with E-state index in [1.54, 1.807) is 18.0 Å². The van der Waals surface area contributed by atoms with Crippen molar-refractivity contribution >= 4 is 21.9 Å². The molecule has 1 unspecified atom stereocenters. The van der Waals surface area contributed by atoms with Crippen LogP contribution in [-0.4, -0.2) is 66.8 Å². The van der Waals surface area contributed by atoms with E-state index in [9.17, 15) is 9.18 Å². The minimum atomic E-state index is -0.855. The number of nitrogens with zero attached hydrogens (tertiary/aromatic N) is 2. The topological polar surface area (TPSA) is 53.0 Å². The predicted octanol–water partition coefficient (Wildman–Crippen LogP) is 1.81. The normalized spacial score (nSPS) is 19.5. The first-order chi connectivity index (χ1) is 10.4. The molecule has 22 heavy (non-hydrogen) atoms. The molecule has 1 fully saturated rings. The van der Waals surface area contributed by atoms with Gasteiger partial charge in [-0.05, 0) is 19.2 Å². The molecule has 0 aromatic heterocycles. The minimum absolute atomic E-state index is 0.0127. The summed E-state index contributed by atoms with van der Waals surface area (Å²) in [6, 6.07) is 5.07. The maximum Gasteiger partial charge on any atom is 0.317 e. The number of carboxylic acids is 1. The lowest BCUT2D eigenvalue weighted by molar-refractivity contribution is -0.138. The van der Waals surface area contributed by atoms with Crippen LogP contribution in [0.3, 0.4) is 0 Å². The van der Waals surface area contributed by atoms with Crippen LogP contribution in [0.1, 0.15) is 5.56 Å². The van der Waals surface area contributed by atoms with Crippen molar-refractivity contribution in [1.82, 2.24) is 9.80 Å². The Labute approximate surface area is 137 Å². The molecule has 0 amide bonds. The van der Waals surface area contributed by atoms with Crippen LogP contribution in [0.2, 0.25) is 0 Å². The summed E-state index contributed by atoms with van der Waals surface area (Å²) in [5.74, 6) is -1.08. The van der Waals surface area contributed by atoms with Gasteiger partial charge in [-0.15, -0.1) is 0 Å². The Morgan fingerprint density at radius 2 is 2.36 bits per heavy atom. The van der Waals surface area contributed by atoms with Gasteiger partial charge >= 0.3 is 5.97 Å². The van der Waals surface area contributed by atoms with Crippen molar-refractivity contribution in [1.29, 1.82) is 0 Å². The van der Waals surface area contributed by atoms with Crippen LogP contribution in [0, 0.1) is 5.82 Å². The summed E-state index contributed by atoms with van der Waals surface area (Å²) in [5.41, 5.74) is 0.655. The van der Waals surface area contributed by atoms with Crippen molar-refractivity contribution in [2.24, 2.45) is 0 Å². The van der Waals surface area contributed by atoms with Gasteiger partial charge in [0.1, 0.15) is 5.82 Å². The number of hydrogen-bond donors (Lipinski definition) is 1. The van der Waals surface area contributed by atoms with Gasteiger partial charge in [-0.25, -0.2) is 4.39 Å². The molecule has 0 spiro atoms. The van der Waals surface area contributed by atoms with Crippen molar-refractivity contribution in [3.8, 4) is 0 Å². The standard InChI is InChI=1S/C15H20BrFN2O3/c1-18(10-15(20)21)8-13-9-19(4-5-22-13)7-11-2-3-12(16)6-14(11)17/h2-3,6,13H,4-5,7-10H2,1H3,(H,20,21). The molecule has 1 aliphatic heterocycles. The van der Waals surface area contributed by atoms with Crippen molar-refractivity contribution in [2.75, 3.05) is 39.8 Å². The van der Waals surface area contributed by atoms with E-state index in [4.69, 9.17) is 9.84 Å². The smallest absolute Gasteiger partial charge is 0.317 e. The third kappa shape index (κ3) is 5.31. The maximum absolute atomic E-state index is 13.9. The van der Waals surface area contributed by atoms with Crippen molar-refractivity contribution in [3.63, 3.8) is 0 Å². The van der Waals surface area contributed by atoms with E-state index in [0.717, 1.165) is 11.0 Å². The van der Waals surface area contributed by atoms with Gasteiger partial charge < -0.3 is 9.84 Å². The number of ether oxygens (including phenoxy) is 1. The van der Waals surface area contributed by atoms with E-state index in [1.165, 1.54) is 6.07 Å². The van der Waals surface area contributed by atoms with Gasteiger partial charge in [0.2, 0.25) is 0 Å². The second-order valence-corrected chi connectivity index (χ2v) is 6.47. The van der Waals surface area contributed by atoms with Gasteiger partial charge in [-0.3, -0.25) is 14.6 Å². The average molecular weight is 375 g/mol. The molecule has 0 bridgehead atoms. The Kier molecular flexibility index (Phi) is 6.31. The van der Waals surface area contributed by atoms with E-state index in [1.807, 2.05) is 6.07 Å². The monoisotopic (exact) mass is 374 g/mol. The SMILES string of the molecule is CN(CC(=O)O)CC1CN(Cc2ccc(Br)cc2F)CCO1. The number of halogens is 2. The van der Waals surface area contributed by atoms with Gasteiger partial charge in [0.15, 0.2) is 0 Å². The number of carbonyl (C=O) groups is 1. The summed E-state index contributed by atoms with van der Waals surface area (Å²) < 4.78 is 20.3. The molecule has 1 saturated heterocycles. The minimum Gasteiger partial charge on any atom is -0.480 e. The van der Waals surface area contributed by atoms with Crippen molar-refractivity contribution in [3.05, 3.63) is 34.1 Å². The fourth-order valence-corrected chi connectivity index (χ4v) is 2.90. The summed E-state index contributed by atoms with van der Waals surface area (Å²) in [4.78, 5) is 14.5. The van der Waals surface area contributed by atoms with Gasteiger partial charge in [0.05, 0.1) is 19.3 Å². The summed E-state index contributed by atoms with van der Waals surface area (Å²) >= 11 is 3.25. The number of morpholine rings is 1. The molecule has 1 N–H and O–H groups in total. The summed E-state index contributed by atoms with van der Waals surface area (Å²) in [7, 11) is 1.75. The number of aliphatic carboxylic acids is 1. The third-order valence-electron chi connectivity index (χ3n) is 3.55. The molecule has 1 atom stereocenters. The first-order valence-electron chi connectivity index (χ1n) is 7.12. The summed E-state index contributed by atoms with van der Waals surface area (Å²) in [5, 5.41) is 8.77. The molecule has 5 nitrogen and oxygen atoms in total. The summed E-state index contributed by atoms with van der Waals surface area (Å²) in [6.45, 7) is 3.05. The average Bonchev–Trinajstić information content (AvgIpc) is 2.41. The molecule has 0 radical (unpaired) electrons. The maximum atomic E-state index is 13.9. The van der Waals surface area contributed by atoms with E-state index >= 15 is 0 Å². The lowest BCUT2D eigenvalue weighted by Crippen LogP contribution is -2.47. The van der Waals surface area contributed by atoms with Crippen LogP contribution < -0.4 is 0 Å². The van der Waals surface area contributed by atoms with Gasteiger partial charge in [0, 0.05) is 36.2 Å². The zero-order chi connectivity index (χ0) is 16.1. The Morgan fingerprint density at radius 3 is 3.05 bits per heavy atom. The van der Waals surface area contributed by atoms with Crippen molar-refractivity contribution < 1.29 is 19.0 Å². The molecule has 1 aliphatic rings. The van der Waals surface area contributed by atoms with E-state index in [0.29, 0.717) is 31.8 Å². The second-order valence-electron chi connectivity index (χ2n) is 5.55. The van der Waals surface area contributed by atoms with Crippen LogP contribution in [0.15, 0.2) is 22.7 Å². The Bertz CT molecular complexity index is 530. The van der Waals surface area contributed by atoms with E-state index < -0.39 is 5.97 Å². The molecule has 0 saturated carbocycles. The molecule has 122 valence electrons. The highest BCUT2D eigenvalue weighted by Gasteiger charge is 2.23. The highest BCUT2D eigenvalue weighted by atomic mass is 79.9. The number of hydrogen-bond acceptors (Lipinski definition) is 4. The molecule has 0 aliphatic carbocycles. The van der Waals surface area contributed by atoms with Gasteiger partial charge in [-0.1, -0.05) is 22.0 Å². The highest BCUT2D eigenvalue weighted by Crippen LogP contribution is 2.18. The second kappa shape index (κ2) is 8.01. The molecular formula is C15H20BrFN2O3. The Hall–Kier alpha value is -1.02. The number of rotatable bonds is 6. The Morgan fingerprint density at radius 1 is 1.59 bits per heavy atom. The van der Waals surface area contributed by atoms with Gasteiger partial charge in [0.25, 0.3) is 0 Å². The van der Waals surface area contributed by atoms with E-state index in [2.05, 4.69) is 20.8 Å². The first kappa shape index (κ1) is 17.3. The predicted molar refractivity (Wildman–Crippen MR) is 84.2 cm³/mol. The first-order valence-corrected chi connectivity index (χ1v) is 7.91. The molecular weight excluding hydrogens is 355 g/mol. The highest BCUT2D eigenvalue weighted by molar-refractivity contribution is 9.10. The fraction of sp³-hybridized carbons (Fsp3) is 0.533. The lowest BCUT2D eigenvalue weighted by atomic mass is 10.1. The van der Waals surface area contributed by atoms with Crippen LogP contribution in [0.4, 0.5) is 4.39 Å². The number of carboxylic acid groups (broad SMARTS) is 1. The zero-order valence-electron chi connectivity index (χ0n) is 12.5. The molecule has 1 heterocycles. The molecule has 1 aromatic carbocycles. The quantitative estimate of drug-likeness (QED) is 0.822. The van der Waals surface area contributed by atoms with E-state index in [-0.39, 0.29) is 18.5 Å². The van der Waals surface area contributed by atoms with Crippen LogP contribution in [0.5, 0.6) is 0 Å². The van der Waals surface area contributed by atoms with Gasteiger partial charge in [-0.2, -0.15) is 0 Å². The fourth-order valence-electron chi connectivity index (χ4n) is 2.57. The lowest BCUT2D eigenvalue weighted by Gasteiger charge is -2.34. The number of likely N-dealkylation sites (N-methyl/N-ethyl adjacent to an activating group) is 1. The molecule has 1 aromatic rings. The Balaban J connectivity index is 1.89.